The van der Waals surface area contributed by atoms with Crippen molar-refractivity contribution in [3.63, 3.8) is 0 Å². The van der Waals surface area contributed by atoms with Crippen LogP contribution in [0.4, 0.5) is 0 Å². The van der Waals surface area contributed by atoms with Gasteiger partial charge in [0.2, 0.25) is 5.91 Å². The zero-order valence-electron chi connectivity index (χ0n) is 16.1. The van der Waals surface area contributed by atoms with Gasteiger partial charge in [-0.3, -0.25) is 4.79 Å². The minimum atomic E-state index is 0.252. The molecule has 0 heterocycles. The largest absolute Gasteiger partial charge is 0.497 e. The van der Waals surface area contributed by atoms with Crippen LogP contribution >= 0.6 is 0 Å². The first-order chi connectivity index (χ1) is 13.2. The maximum Gasteiger partial charge on any atom is 0.223 e. The van der Waals surface area contributed by atoms with Crippen LogP contribution < -0.4 is 10.1 Å². The molecular weight excluding hydrogens is 334 g/mol. The number of carbonyl (C=O) groups excluding carboxylic acids is 1. The first kappa shape index (κ1) is 18.1. The number of ether oxygens (including phenoxy) is 1. The second kappa shape index (κ2) is 8.16. The van der Waals surface area contributed by atoms with Crippen molar-refractivity contribution in [3.8, 4) is 5.75 Å². The molecule has 2 atom stereocenters. The number of hydrogen-bond acceptors (Lipinski definition) is 2. The summed E-state index contributed by atoms with van der Waals surface area (Å²) in [6.07, 6.45) is 6.52. The number of methoxy groups -OCH3 is 1. The zero-order chi connectivity index (χ0) is 18.6. The average Bonchev–Trinajstić information content (AvgIpc) is 2.66. The molecule has 1 fully saturated rings. The van der Waals surface area contributed by atoms with E-state index in [4.69, 9.17) is 4.74 Å². The van der Waals surface area contributed by atoms with Gasteiger partial charge in [0.05, 0.1) is 7.11 Å². The molecule has 0 saturated heterocycles. The van der Waals surface area contributed by atoms with E-state index >= 15 is 0 Å². The molecule has 0 aromatic heterocycles. The van der Waals surface area contributed by atoms with Crippen LogP contribution in [-0.2, 0) is 11.2 Å². The summed E-state index contributed by atoms with van der Waals surface area (Å²) in [6.45, 7) is 0.762. The highest BCUT2D eigenvalue weighted by molar-refractivity contribution is 5.79. The van der Waals surface area contributed by atoms with Gasteiger partial charge in [0.15, 0.2) is 0 Å². The summed E-state index contributed by atoms with van der Waals surface area (Å²) >= 11 is 0. The Balaban J connectivity index is 1.49. The van der Waals surface area contributed by atoms with Gasteiger partial charge in [0, 0.05) is 12.5 Å². The number of amides is 1. The molecule has 0 spiro atoms. The molecular formula is C24H29NO2. The molecule has 3 nitrogen and oxygen atoms in total. The van der Waals surface area contributed by atoms with E-state index in [0.29, 0.717) is 11.8 Å². The van der Waals surface area contributed by atoms with Crippen molar-refractivity contribution >= 4 is 5.91 Å². The molecule has 3 heteroatoms. The van der Waals surface area contributed by atoms with Crippen molar-refractivity contribution in [2.75, 3.05) is 13.7 Å². The molecule has 1 amide bonds. The summed E-state index contributed by atoms with van der Waals surface area (Å²) in [5.74, 6) is 2.44. The van der Waals surface area contributed by atoms with Crippen molar-refractivity contribution in [3.05, 3.63) is 65.2 Å². The molecule has 2 aliphatic carbocycles. The number of hydrogen-bond donors (Lipinski definition) is 1. The fraction of sp³-hybridized carbons (Fsp3) is 0.458. The van der Waals surface area contributed by atoms with Crippen LogP contribution in [0.3, 0.4) is 0 Å². The lowest BCUT2D eigenvalue weighted by atomic mass is 9.73. The summed E-state index contributed by atoms with van der Waals surface area (Å²) in [5.41, 5.74) is 4.24. The van der Waals surface area contributed by atoms with Crippen LogP contribution in [0, 0.1) is 5.92 Å². The molecule has 27 heavy (non-hydrogen) atoms. The minimum absolute atomic E-state index is 0.252. The maximum atomic E-state index is 12.2. The Morgan fingerprint density at radius 2 is 1.96 bits per heavy atom. The second-order valence-corrected chi connectivity index (χ2v) is 8.02. The third-order valence-corrected chi connectivity index (χ3v) is 6.37. The standard InChI is InChI=1S/C24H29NO2/c1-27-22-11-10-19-14-21(17-6-3-2-4-7-17)15-20(23(19)16-22)12-13-25-24(26)18-8-5-9-18/h2-4,6-7,10-11,16,18,20-21H,5,8-9,12-15H2,1H3,(H,25,26)/t20-,21+/m1/s1. The van der Waals surface area contributed by atoms with Gasteiger partial charge in [-0.1, -0.05) is 42.8 Å². The molecule has 0 unspecified atom stereocenters. The molecule has 142 valence electrons. The monoisotopic (exact) mass is 363 g/mol. The van der Waals surface area contributed by atoms with E-state index in [-0.39, 0.29) is 11.8 Å². The lowest BCUT2D eigenvalue weighted by Crippen LogP contribution is -2.35. The van der Waals surface area contributed by atoms with Crippen LogP contribution in [-0.4, -0.2) is 19.6 Å². The highest BCUT2D eigenvalue weighted by atomic mass is 16.5. The van der Waals surface area contributed by atoms with Crippen molar-refractivity contribution < 1.29 is 9.53 Å². The van der Waals surface area contributed by atoms with Gasteiger partial charge < -0.3 is 10.1 Å². The summed E-state index contributed by atoms with van der Waals surface area (Å²) < 4.78 is 5.47. The molecule has 0 bridgehead atoms. The number of nitrogens with one attached hydrogen (secondary N) is 1. The molecule has 2 aliphatic rings. The molecule has 2 aromatic rings. The van der Waals surface area contributed by atoms with Gasteiger partial charge in [-0.05, 0) is 72.8 Å². The van der Waals surface area contributed by atoms with E-state index in [2.05, 4.69) is 53.8 Å². The van der Waals surface area contributed by atoms with Crippen LogP contribution in [0.5, 0.6) is 5.75 Å². The third kappa shape index (κ3) is 4.02. The van der Waals surface area contributed by atoms with Crippen molar-refractivity contribution in [2.45, 2.75) is 50.4 Å². The first-order valence-corrected chi connectivity index (χ1v) is 10.2. The summed E-state index contributed by atoms with van der Waals surface area (Å²) in [7, 11) is 1.73. The van der Waals surface area contributed by atoms with Crippen molar-refractivity contribution in [2.24, 2.45) is 5.92 Å². The van der Waals surface area contributed by atoms with Crippen molar-refractivity contribution in [1.82, 2.24) is 5.32 Å². The molecule has 1 saturated carbocycles. The summed E-state index contributed by atoms with van der Waals surface area (Å²) in [4.78, 5) is 12.2. The number of fused-ring (bicyclic) bond motifs is 1. The van der Waals surface area contributed by atoms with Gasteiger partial charge in [-0.25, -0.2) is 0 Å². The van der Waals surface area contributed by atoms with Gasteiger partial charge in [-0.2, -0.15) is 0 Å². The zero-order valence-corrected chi connectivity index (χ0v) is 16.1. The fourth-order valence-corrected chi connectivity index (χ4v) is 4.52. The Kier molecular flexibility index (Phi) is 5.47. The molecule has 1 N–H and O–H groups in total. The van der Waals surface area contributed by atoms with Gasteiger partial charge in [0.1, 0.15) is 5.75 Å². The smallest absolute Gasteiger partial charge is 0.223 e. The average molecular weight is 364 g/mol. The molecule has 2 aromatic carbocycles. The van der Waals surface area contributed by atoms with E-state index in [1.807, 2.05) is 0 Å². The predicted octanol–water partition coefficient (Wildman–Crippen LogP) is 4.82. The Morgan fingerprint density at radius 3 is 2.67 bits per heavy atom. The van der Waals surface area contributed by atoms with E-state index in [1.54, 1.807) is 7.11 Å². The highest BCUT2D eigenvalue weighted by Crippen LogP contribution is 2.42. The highest BCUT2D eigenvalue weighted by Gasteiger charge is 2.29. The topological polar surface area (TPSA) is 38.3 Å². The SMILES string of the molecule is COc1ccc2c(c1)[C@H](CCNC(=O)C1CCC1)C[C@@H](c1ccccc1)C2. The normalized spacial score (nSPS) is 21.8. The van der Waals surface area contributed by atoms with Crippen LogP contribution in [0.15, 0.2) is 48.5 Å². The van der Waals surface area contributed by atoms with Gasteiger partial charge >= 0.3 is 0 Å². The predicted molar refractivity (Wildman–Crippen MR) is 108 cm³/mol. The number of carbonyl (C=O) groups is 1. The van der Waals surface area contributed by atoms with Crippen LogP contribution in [0.25, 0.3) is 0 Å². The number of benzene rings is 2. The van der Waals surface area contributed by atoms with Crippen LogP contribution in [0.1, 0.15) is 60.6 Å². The van der Waals surface area contributed by atoms with Crippen molar-refractivity contribution in [1.29, 1.82) is 0 Å². The van der Waals surface area contributed by atoms with Crippen LogP contribution in [0.2, 0.25) is 0 Å². The van der Waals surface area contributed by atoms with Gasteiger partial charge in [0.25, 0.3) is 0 Å². The maximum absolute atomic E-state index is 12.2. The molecule has 4 rings (SSSR count). The molecule has 0 radical (unpaired) electrons. The Bertz CT molecular complexity index is 782. The summed E-state index contributed by atoms with van der Waals surface area (Å²) in [6, 6.07) is 17.3. The molecule has 0 aliphatic heterocycles. The number of rotatable bonds is 6. The lowest BCUT2D eigenvalue weighted by molar-refractivity contribution is -0.127. The third-order valence-electron chi connectivity index (χ3n) is 6.37. The lowest BCUT2D eigenvalue weighted by Gasteiger charge is -2.33. The second-order valence-electron chi connectivity index (χ2n) is 8.02. The summed E-state index contributed by atoms with van der Waals surface area (Å²) in [5, 5.41) is 3.18. The van der Waals surface area contributed by atoms with Gasteiger partial charge in [-0.15, -0.1) is 0 Å². The van der Waals surface area contributed by atoms with E-state index in [0.717, 1.165) is 44.4 Å². The minimum Gasteiger partial charge on any atom is -0.497 e. The first-order valence-electron chi connectivity index (χ1n) is 10.2. The van der Waals surface area contributed by atoms with E-state index in [9.17, 15) is 4.79 Å². The Hall–Kier alpha value is -2.29. The van der Waals surface area contributed by atoms with E-state index in [1.165, 1.54) is 23.1 Å². The Morgan fingerprint density at radius 1 is 1.15 bits per heavy atom. The fourth-order valence-electron chi connectivity index (χ4n) is 4.52. The quantitative estimate of drug-likeness (QED) is 0.799. The van der Waals surface area contributed by atoms with E-state index < -0.39 is 0 Å². The Labute approximate surface area is 162 Å².